The average molecular weight is 220 g/mol. The van der Waals surface area contributed by atoms with Crippen molar-refractivity contribution < 1.29 is 9.53 Å². The molecular formula is C12H16N2O2. The zero-order valence-electron chi connectivity index (χ0n) is 9.43. The zero-order chi connectivity index (χ0) is 11.1. The van der Waals surface area contributed by atoms with Crippen LogP contribution in [0.15, 0.2) is 12.4 Å². The molecule has 0 amide bonds. The maximum Gasteiger partial charge on any atom is 0.171 e. The highest BCUT2D eigenvalue weighted by atomic mass is 16.5. The van der Waals surface area contributed by atoms with E-state index in [1.807, 2.05) is 13.1 Å². The molecule has 2 aliphatic heterocycles. The number of ether oxygens (including phenoxy) is 1. The van der Waals surface area contributed by atoms with Gasteiger partial charge in [0.1, 0.15) is 0 Å². The van der Waals surface area contributed by atoms with Crippen LogP contribution in [0.5, 0.6) is 0 Å². The smallest absolute Gasteiger partial charge is 0.171 e. The fourth-order valence-electron chi connectivity index (χ4n) is 2.79. The first-order valence-corrected chi connectivity index (χ1v) is 6.00. The minimum absolute atomic E-state index is 0.0771. The molecule has 0 saturated carbocycles. The summed E-state index contributed by atoms with van der Waals surface area (Å²) >= 11 is 0. The first-order valence-electron chi connectivity index (χ1n) is 6.00. The first kappa shape index (κ1) is 10.0. The Kier molecular flexibility index (Phi) is 2.32. The minimum atomic E-state index is 0.0771. The van der Waals surface area contributed by atoms with Crippen LogP contribution >= 0.6 is 0 Å². The van der Waals surface area contributed by atoms with Crippen LogP contribution in [0, 0.1) is 5.92 Å². The van der Waals surface area contributed by atoms with Crippen molar-refractivity contribution in [2.75, 3.05) is 0 Å². The first-order chi connectivity index (χ1) is 7.78. The predicted molar refractivity (Wildman–Crippen MR) is 58.2 cm³/mol. The number of aryl methyl sites for hydroxylation is 1. The molecule has 2 aliphatic rings. The number of rotatable bonds is 3. The van der Waals surface area contributed by atoms with Gasteiger partial charge in [-0.15, -0.1) is 0 Å². The van der Waals surface area contributed by atoms with Gasteiger partial charge in [0.05, 0.1) is 29.9 Å². The number of carbonyl (C=O) groups excluding carboxylic acids is 1. The number of carbonyl (C=O) groups is 1. The molecule has 3 heterocycles. The molecule has 4 nitrogen and oxygen atoms in total. The Labute approximate surface area is 94.6 Å². The van der Waals surface area contributed by atoms with Gasteiger partial charge in [0.25, 0.3) is 0 Å². The topological polar surface area (TPSA) is 44.1 Å². The molecule has 0 spiro atoms. The standard InChI is InChI=1S/C12H16N2O2/c1-2-14-7-8(6-13-14)12(15)10-5-9-3-4-11(10)16-9/h6-7,9-11H,2-5H2,1H3. The third-order valence-corrected chi connectivity index (χ3v) is 3.68. The SMILES string of the molecule is CCn1cc(C(=O)C2CC3CCC2O3)cn1. The number of hydrogen-bond donors (Lipinski definition) is 0. The van der Waals surface area contributed by atoms with Crippen LogP contribution in [-0.4, -0.2) is 27.8 Å². The third kappa shape index (κ3) is 1.48. The van der Waals surface area contributed by atoms with Crippen molar-refractivity contribution in [2.24, 2.45) is 5.92 Å². The maximum absolute atomic E-state index is 12.2. The lowest BCUT2D eigenvalue weighted by molar-refractivity contribution is 0.0743. The summed E-state index contributed by atoms with van der Waals surface area (Å²) in [4.78, 5) is 12.2. The summed E-state index contributed by atoms with van der Waals surface area (Å²) in [5.74, 6) is 0.292. The summed E-state index contributed by atoms with van der Waals surface area (Å²) < 4.78 is 7.51. The predicted octanol–water partition coefficient (Wildman–Crippen LogP) is 1.65. The molecule has 2 bridgehead atoms. The molecule has 3 atom stereocenters. The monoisotopic (exact) mass is 220 g/mol. The molecular weight excluding hydrogens is 204 g/mol. The molecule has 0 aliphatic carbocycles. The van der Waals surface area contributed by atoms with Crippen molar-refractivity contribution >= 4 is 5.78 Å². The summed E-state index contributed by atoms with van der Waals surface area (Å²) in [5.41, 5.74) is 0.739. The van der Waals surface area contributed by atoms with Gasteiger partial charge in [0.15, 0.2) is 5.78 Å². The molecule has 16 heavy (non-hydrogen) atoms. The second-order valence-corrected chi connectivity index (χ2v) is 4.67. The number of ketones is 1. The van der Waals surface area contributed by atoms with Crippen LogP contribution < -0.4 is 0 Å². The van der Waals surface area contributed by atoms with Crippen LogP contribution in [0.4, 0.5) is 0 Å². The highest BCUT2D eigenvalue weighted by Gasteiger charge is 2.44. The van der Waals surface area contributed by atoms with Crippen LogP contribution in [0.3, 0.4) is 0 Å². The van der Waals surface area contributed by atoms with Crippen molar-refractivity contribution in [2.45, 2.75) is 44.9 Å². The van der Waals surface area contributed by atoms with Crippen LogP contribution in [0.25, 0.3) is 0 Å². The lowest BCUT2D eigenvalue weighted by Gasteiger charge is -2.15. The molecule has 1 aromatic rings. The molecule has 86 valence electrons. The van der Waals surface area contributed by atoms with Gasteiger partial charge in [0, 0.05) is 12.7 Å². The van der Waals surface area contributed by atoms with Gasteiger partial charge in [-0.1, -0.05) is 0 Å². The van der Waals surface area contributed by atoms with E-state index in [0.717, 1.165) is 31.4 Å². The van der Waals surface area contributed by atoms with Gasteiger partial charge in [0.2, 0.25) is 0 Å². The minimum Gasteiger partial charge on any atom is -0.374 e. The van der Waals surface area contributed by atoms with Crippen LogP contribution in [0.1, 0.15) is 36.5 Å². The highest BCUT2D eigenvalue weighted by molar-refractivity contribution is 5.98. The number of fused-ring (bicyclic) bond motifs is 2. The third-order valence-electron chi connectivity index (χ3n) is 3.68. The van der Waals surface area contributed by atoms with Gasteiger partial charge >= 0.3 is 0 Å². The zero-order valence-corrected chi connectivity index (χ0v) is 9.43. The quantitative estimate of drug-likeness (QED) is 0.727. The molecule has 1 aromatic heterocycles. The fraction of sp³-hybridized carbons (Fsp3) is 0.667. The average Bonchev–Trinajstić information content (AvgIpc) is 3.03. The van der Waals surface area contributed by atoms with Crippen molar-refractivity contribution in [1.29, 1.82) is 0 Å². The fourth-order valence-corrected chi connectivity index (χ4v) is 2.79. The van der Waals surface area contributed by atoms with E-state index >= 15 is 0 Å². The Morgan fingerprint density at radius 1 is 1.62 bits per heavy atom. The van der Waals surface area contributed by atoms with E-state index in [-0.39, 0.29) is 17.8 Å². The van der Waals surface area contributed by atoms with Gasteiger partial charge < -0.3 is 4.74 Å². The summed E-state index contributed by atoms with van der Waals surface area (Å²) in [6.07, 6.45) is 7.10. The summed E-state index contributed by atoms with van der Waals surface area (Å²) in [5, 5.41) is 4.14. The second kappa shape index (κ2) is 3.70. The van der Waals surface area contributed by atoms with Crippen molar-refractivity contribution in [1.82, 2.24) is 9.78 Å². The lowest BCUT2D eigenvalue weighted by Crippen LogP contribution is -2.25. The Bertz CT molecular complexity index is 413. The molecule has 3 rings (SSSR count). The van der Waals surface area contributed by atoms with E-state index < -0.39 is 0 Å². The number of Topliss-reactive ketones (excluding diaryl/α,β-unsaturated/α-hetero) is 1. The van der Waals surface area contributed by atoms with Gasteiger partial charge in [-0.2, -0.15) is 5.10 Å². The van der Waals surface area contributed by atoms with Gasteiger partial charge in [-0.3, -0.25) is 9.48 Å². The Morgan fingerprint density at radius 3 is 3.06 bits per heavy atom. The Hall–Kier alpha value is -1.16. The maximum atomic E-state index is 12.2. The van der Waals surface area contributed by atoms with E-state index in [2.05, 4.69) is 5.10 Å². The summed E-state index contributed by atoms with van der Waals surface area (Å²) in [6.45, 7) is 2.82. The van der Waals surface area contributed by atoms with E-state index in [1.54, 1.807) is 10.9 Å². The van der Waals surface area contributed by atoms with Crippen LogP contribution in [-0.2, 0) is 11.3 Å². The van der Waals surface area contributed by atoms with Crippen molar-refractivity contribution in [3.63, 3.8) is 0 Å². The largest absolute Gasteiger partial charge is 0.374 e. The molecule has 2 fully saturated rings. The number of nitrogens with zero attached hydrogens (tertiary/aromatic N) is 2. The number of aromatic nitrogens is 2. The van der Waals surface area contributed by atoms with Gasteiger partial charge in [-0.05, 0) is 26.2 Å². The lowest BCUT2D eigenvalue weighted by atomic mass is 9.84. The van der Waals surface area contributed by atoms with E-state index in [0.29, 0.717) is 6.10 Å². The Balaban J connectivity index is 1.77. The second-order valence-electron chi connectivity index (χ2n) is 4.67. The van der Waals surface area contributed by atoms with E-state index in [1.165, 1.54) is 0 Å². The molecule has 4 heteroatoms. The molecule has 0 N–H and O–H groups in total. The van der Waals surface area contributed by atoms with Crippen LogP contribution in [0.2, 0.25) is 0 Å². The van der Waals surface area contributed by atoms with Crippen molar-refractivity contribution in [3.8, 4) is 0 Å². The van der Waals surface area contributed by atoms with E-state index in [4.69, 9.17) is 4.74 Å². The molecule has 0 aromatic carbocycles. The van der Waals surface area contributed by atoms with Gasteiger partial charge in [-0.25, -0.2) is 0 Å². The highest BCUT2D eigenvalue weighted by Crippen LogP contribution is 2.40. The molecule has 2 saturated heterocycles. The molecule has 0 radical (unpaired) electrons. The normalized spacial score (nSPS) is 32.2. The van der Waals surface area contributed by atoms with E-state index in [9.17, 15) is 4.79 Å². The molecule has 3 unspecified atom stereocenters. The summed E-state index contributed by atoms with van der Waals surface area (Å²) in [7, 11) is 0. The number of hydrogen-bond acceptors (Lipinski definition) is 3. The van der Waals surface area contributed by atoms with Crippen molar-refractivity contribution in [3.05, 3.63) is 18.0 Å². The summed E-state index contributed by atoms with van der Waals surface area (Å²) in [6, 6.07) is 0. The Morgan fingerprint density at radius 2 is 2.50 bits per heavy atom.